The normalized spacial score (nSPS) is 17.6. The third-order valence-electron chi connectivity index (χ3n) is 3.78. The average molecular weight is 271 g/mol. The molecule has 1 amide bonds. The van der Waals surface area contributed by atoms with Crippen LogP contribution >= 0.6 is 0 Å². The van der Waals surface area contributed by atoms with Gasteiger partial charge < -0.3 is 15.4 Å². The van der Waals surface area contributed by atoms with Gasteiger partial charge in [-0.1, -0.05) is 13.8 Å². The number of amides is 1. The molecule has 0 bridgehead atoms. The highest BCUT2D eigenvalue weighted by atomic mass is 16.6. The standard InChI is InChI=1S/C14H29N3O2/c1-4-19-13(18)17-10-8-16(9-11-17)7-5-6-14(2,3)12-15/h4-12,15H2,1-3H3. The molecule has 0 spiro atoms. The van der Waals surface area contributed by atoms with Crippen molar-refractivity contribution >= 4 is 6.09 Å². The highest BCUT2D eigenvalue weighted by molar-refractivity contribution is 5.67. The summed E-state index contributed by atoms with van der Waals surface area (Å²) in [6.07, 6.45) is 2.15. The van der Waals surface area contributed by atoms with Gasteiger partial charge in [0.2, 0.25) is 0 Å². The molecule has 1 saturated heterocycles. The fourth-order valence-electron chi connectivity index (χ4n) is 2.25. The highest BCUT2D eigenvalue weighted by Gasteiger charge is 2.22. The zero-order valence-corrected chi connectivity index (χ0v) is 12.7. The van der Waals surface area contributed by atoms with Gasteiger partial charge in [-0.15, -0.1) is 0 Å². The maximum Gasteiger partial charge on any atom is 0.409 e. The van der Waals surface area contributed by atoms with E-state index in [9.17, 15) is 4.79 Å². The quantitative estimate of drug-likeness (QED) is 0.796. The molecule has 5 heteroatoms. The van der Waals surface area contributed by atoms with Crippen LogP contribution in [0, 0.1) is 5.41 Å². The lowest BCUT2D eigenvalue weighted by Gasteiger charge is -2.34. The molecule has 0 saturated carbocycles. The molecule has 1 rings (SSSR count). The second-order valence-electron chi connectivity index (χ2n) is 6.00. The lowest BCUT2D eigenvalue weighted by atomic mass is 9.88. The van der Waals surface area contributed by atoms with Gasteiger partial charge in [-0.2, -0.15) is 0 Å². The molecule has 2 N–H and O–H groups in total. The van der Waals surface area contributed by atoms with E-state index in [0.717, 1.165) is 45.7 Å². The summed E-state index contributed by atoms with van der Waals surface area (Å²) in [5.74, 6) is 0. The van der Waals surface area contributed by atoms with E-state index in [4.69, 9.17) is 10.5 Å². The molecule has 1 aliphatic heterocycles. The van der Waals surface area contributed by atoms with Crippen LogP contribution in [-0.2, 0) is 4.74 Å². The predicted octanol–water partition coefficient (Wildman–Crippen LogP) is 1.53. The number of carbonyl (C=O) groups excluding carboxylic acids is 1. The Morgan fingerprint density at radius 2 is 1.89 bits per heavy atom. The molecule has 0 aromatic heterocycles. The van der Waals surface area contributed by atoms with E-state index < -0.39 is 0 Å². The second kappa shape index (κ2) is 7.70. The van der Waals surface area contributed by atoms with Crippen LogP contribution in [0.2, 0.25) is 0 Å². The number of piperazine rings is 1. The summed E-state index contributed by atoms with van der Waals surface area (Å²) in [5.41, 5.74) is 5.98. The van der Waals surface area contributed by atoms with Crippen molar-refractivity contribution in [2.24, 2.45) is 11.1 Å². The summed E-state index contributed by atoms with van der Waals surface area (Å²) in [4.78, 5) is 15.8. The summed E-state index contributed by atoms with van der Waals surface area (Å²) in [6.45, 7) is 12.0. The van der Waals surface area contributed by atoms with Crippen molar-refractivity contribution in [1.82, 2.24) is 9.80 Å². The first-order chi connectivity index (χ1) is 8.98. The number of nitrogens with zero attached hydrogens (tertiary/aromatic N) is 2. The van der Waals surface area contributed by atoms with E-state index in [0.29, 0.717) is 6.61 Å². The summed E-state index contributed by atoms with van der Waals surface area (Å²) < 4.78 is 5.01. The SMILES string of the molecule is CCOC(=O)N1CCN(CCCC(C)(C)CN)CC1. The minimum Gasteiger partial charge on any atom is -0.450 e. The number of nitrogens with two attached hydrogens (primary N) is 1. The fourth-order valence-corrected chi connectivity index (χ4v) is 2.25. The summed E-state index contributed by atoms with van der Waals surface area (Å²) >= 11 is 0. The van der Waals surface area contributed by atoms with Gasteiger partial charge in [-0.3, -0.25) is 4.90 Å². The van der Waals surface area contributed by atoms with Gasteiger partial charge in [0.25, 0.3) is 0 Å². The molecule has 0 radical (unpaired) electrons. The zero-order chi connectivity index (χ0) is 14.3. The van der Waals surface area contributed by atoms with Gasteiger partial charge in [0.05, 0.1) is 6.61 Å². The van der Waals surface area contributed by atoms with Gasteiger partial charge in [-0.25, -0.2) is 4.79 Å². The average Bonchev–Trinajstić information content (AvgIpc) is 2.39. The predicted molar refractivity (Wildman–Crippen MR) is 77.1 cm³/mol. The topological polar surface area (TPSA) is 58.8 Å². The van der Waals surface area contributed by atoms with Crippen LogP contribution in [0.5, 0.6) is 0 Å². The van der Waals surface area contributed by atoms with Crippen molar-refractivity contribution in [3.05, 3.63) is 0 Å². The van der Waals surface area contributed by atoms with Crippen LogP contribution in [0.25, 0.3) is 0 Å². The molecule has 112 valence electrons. The molecule has 1 heterocycles. The molecule has 19 heavy (non-hydrogen) atoms. The van der Waals surface area contributed by atoms with Crippen LogP contribution in [0.4, 0.5) is 4.79 Å². The first-order valence-corrected chi connectivity index (χ1v) is 7.32. The summed E-state index contributed by atoms with van der Waals surface area (Å²) in [6, 6.07) is 0. The summed E-state index contributed by atoms with van der Waals surface area (Å²) in [7, 11) is 0. The Balaban J connectivity index is 2.18. The Bertz CT molecular complexity index is 274. The van der Waals surface area contributed by atoms with Crippen molar-refractivity contribution in [2.75, 3.05) is 45.9 Å². The maximum absolute atomic E-state index is 11.6. The fraction of sp³-hybridized carbons (Fsp3) is 0.929. The van der Waals surface area contributed by atoms with E-state index in [1.165, 1.54) is 6.42 Å². The molecule has 0 aromatic rings. The third kappa shape index (κ3) is 5.78. The van der Waals surface area contributed by atoms with Gasteiger partial charge in [0, 0.05) is 26.2 Å². The van der Waals surface area contributed by atoms with Crippen LogP contribution in [0.3, 0.4) is 0 Å². The first kappa shape index (κ1) is 16.2. The van der Waals surface area contributed by atoms with Crippen LogP contribution in [0.15, 0.2) is 0 Å². The van der Waals surface area contributed by atoms with Gasteiger partial charge >= 0.3 is 6.09 Å². The molecular formula is C14H29N3O2. The molecule has 0 unspecified atom stereocenters. The molecule has 1 fully saturated rings. The van der Waals surface area contributed by atoms with Gasteiger partial charge in [0.1, 0.15) is 0 Å². The number of ether oxygens (including phenoxy) is 1. The Hall–Kier alpha value is -0.810. The van der Waals surface area contributed by atoms with E-state index in [1.54, 1.807) is 4.90 Å². The minimum atomic E-state index is -0.175. The first-order valence-electron chi connectivity index (χ1n) is 7.32. The molecule has 1 aliphatic rings. The molecule has 5 nitrogen and oxygen atoms in total. The van der Waals surface area contributed by atoms with Crippen LogP contribution in [0.1, 0.15) is 33.6 Å². The number of rotatable bonds is 6. The van der Waals surface area contributed by atoms with Gasteiger partial charge in [-0.05, 0) is 38.3 Å². The Morgan fingerprint density at radius 3 is 2.42 bits per heavy atom. The second-order valence-corrected chi connectivity index (χ2v) is 6.00. The van der Waals surface area contributed by atoms with E-state index in [1.807, 2.05) is 6.92 Å². The molecular weight excluding hydrogens is 242 g/mol. The minimum absolute atomic E-state index is 0.175. The molecule has 0 atom stereocenters. The van der Waals surface area contributed by atoms with Crippen LogP contribution in [-0.4, -0.2) is 61.8 Å². The smallest absolute Gasteiger partial charge is 0.409 e. The zero-order valence-electron chi connectivity index (χ0n) is 12.7. The van der Waals surface area contributed by atoms with Crippen molar-refractivity contribution in [1.29, 1.82) is 0 Å². The monoisotopic (exact) mass is 271 g/mol. The maximum atomic E-state index is 11.6. The van der Waals surface area contributed by atoms with Crippen molar-refractivity contribution in [3.63, 3.8) is 0 Å². The number of hydrogen-bond donors (Lipinski definition) is 1. The summed E-state index contributed by atoms with van der Waals surface area (Å²) in [5, 5.41) is 0. The van der Waals surface area contributed by atoms with Crippen molar-refractivity contribution < 1.29 is 9.53 Å². The van der Waals surface area contributed by atoms with E-state index >= 15 is 0 Å². The largest absolute Gasteiger partial charge is 0.450 e. The van der Waals surface area contributed by atoms with E-state index in [2.05, 4.69) is 18.7 Å². The van der Waals surface area contributed by atoms with Crippen molar-refractivity contribution in [2.45, 2.75) is 33.6 Å². The number of carbonyl (C=O) groups is 1. The Kier molecular flexibility index (Phi) is 6.58. The third-order valence-corrected chi connectivity index (χ3v) is 3.78. The molecule has 0 aromatic carbocycles. The highest BCUT2D eigenvalue weighted by Crippen LogP contribution is 2.20. The van der Waals surface area contributed by atoms with E-state index in [-0.39, 0.29) is 11.5 Å². The number of hydrogen-bond acceptors (Lipinski definition) is 4. The van der Waals surface area contributed by atoms with Crippen LogP contribution < -0.4 is 5.73 Å². The lowest BCUT2D eigenvalue weighted by molar-refractivity contribution is 0.0784. The Morgan fingerprint density at radius 1 is 1.26 bits per heavy atom. The molecule has 0 aliphatic carbocycles. The van der Waals surface area contributed by atoms with Gasteiger partial charge in [0.15, 0.2) is 0 Å². The Labute approximate surface area is 117 Å². The lowest BCUT2D eigenvalue weighted by Crippen LogP contribution is -2.49. The van der Waals surface area contributed by atoms with Crippen molar-refractivity contribution in [3.8, 4) is 0 Å².